The maximum absolute atomic E-state index is 12.9. The molecule has 0 aromatic heterocycles. The van der Waals surface area contributed by atoms with Crippen molar-refractivity contribution in [2.24, 2.45) is 0 Å². The van der Waals surface area contributed by atoms with Gasteiger partial charge in [-0.15, -0.1) is 0 Å². The van der Waals surface area contributed by atoms with E-state index in [4.69, 9.17) is 10.5 Å². The molecule has 0 aliphatic rings. The number of nitrogens with zero attached hydrogens (tertiary/aromatic N) is 1. The number of anilines is 2. The van der Waals surface area contributed by atoms with E-state index in [9.17, 15) is 9.18 Å². The predicted octanol–water partition coefficient (Wildman–Crippen LogP) is 2.69. The monoisotopic (exact) mass is 274 g/mol. The maximum Gasteiger partial charge on any atom is 0.260 e. The number of nitrogens with two attached hydrogens (primary N) is 1. The molecule has 20 heavy (non-hydrogen) atoms. The summed E-state index contributed by atoms with van der Waals surface area (Å²) in [5, 5.41) is 0. The van der Waals surface area contributed by atoms with Gasteiger partial charge in [-0.25, -0.2) is 4.39 Å². The van der Waals surface area contributed by atoms with E-state index in [0.717, 1.165) is 0 Å². The van der Waals surface area contributed by atoms with Crippen LogP contribution in [0.15, 0.2) is 42.5 Å². The lowest BCUT2D eigenvalue weighted by Crippen LogP contribution is -2.27. The molecule has 0 aliphatic heterocycles. The maximum atomic E-state index is 12.9. The summed E-state index contributed by atoms with van der Waals surface area (Å²) in [6, 6.07) is 10.7. The second kappa shape index (κ2) is 5.61. The fourth-order valence-electron chi connectivity index (χ4n) is 1.87. The molecular weight excluding hydrogens is 259 g/mol. The summed E-state index contributed by atoms with van der Waals surface area (Å²) < 4.78 is 18.0. The number of ether oxygens (including phenoxy) is 1. The van der Waals surface area contributed by atoms with E-state index in [-0.39, 0.29) is 17.4 Å². The lowest BCUT2D eigenvalue weighted by Gasteiger charge is -2.19. The second-order valence-corrected chi connectivity index (χ2v) is 4.26. The van der Waals surface area contributed by atoms with Gasteiger partial charge >= 0.3 is 0 Å². The van der Waals surface area contributed by atoms with E-state index >= 15 is 0 Å². The first-order valence-corrected chi connectivity index (χ1v) is 6.00. The van der Waals surface area contributed by atoms with Gasteiger partial charge in [0.15, 0.2) is 0 Å². The highest BCUT2D eigenvalue weighted by Gasteiger charge is 2.18. The SMILES string of the molecule is COc1cccc(C(=O)N(C)c2ccc(F)cc2)c1N. The number of carbonyl (C=O) groups excluding carboxylic acids is 1. The molecule has 2 rings (SSSR count). The number of benzene rings is 2. The van der Waals surface area contributed by atoms with Gasteiger partial charge in [0.1, 0.15) is 11.6 Å². The highest BCUT2D eigenvalue weighted by Crippen LogP contribution is 2.27. The average molecular weight is 274 g/mol. The van der Waals surface area contributed by atoms with Crippen molar-refractivity contribution in [1.29, 1.82) is 0 Å². The second-order valence-electron chi connectivity index (χ2n) is 4.26. The van der Waals surface area contributed by atoms with Crippen LogP contribution in [0.1, 0.15) is 10.4 Å². The molecule has 5 heteroatoms. The molecule has 1 amide bonds. The number of nitrogen functional groups attached to an aromatic ring is 1. The molecule has 2 N–H and O–H groups in total. The molecule has 2 aromatic rings. The zero-order chi connectivity index (χ0) is 14.7. The van der Waals surface area contributed by atoms with Gasteiger partial charge in [-0.3, -0.25) is 4.79 Å². The summed E-state index contributed by atoms with van der Waals surface area (Å²) in [7, 11) is 3.10. The molecular formula is C15H15FN2O2. The number of methoxy groups -OCH3 is 1. The number of hydrogen-bond acceptors (Lipinski definition) is 3. The third-order valence-electron chi connectivity index (χ3n) is 3.04. The molecule has 0 spiro atoms. The Labute approximate surface area is 116 Å². The van der Waals surface area contributed by atoms with E-state index in [1.54, 1.807) is 25.2 Å². The Balaban J connectivity index is 2.34. The van der Waals surface area contributed by atoms with Crippen LogP contribution in [0, 0.1) is 5.82 Å². The Bertz CT molecular complexity index is 626. The van der Waals surface area contributed by atoms with Crippen LogP contribution in [0.5, 0.6) is 5.75 Å². The van der Waals surface area contributed by atoms with Crippen LogP contribution in [0.25, 0.3) is 0 Å². The summed E-state index contributed by atoms with van der Waals surface area (Å²) in [5.74, 6) is -0.188. The Kier molecular flexibility index (Phi) is 3.89. The minimum Gasteiger partial charge on any atom is -0.495 e. The zero-order valence-corrected chi connectivity index (χ0v) is 11.3. The molecule has 0 saturated heterocycles. The van der Waals surface area contributed by atoms with E-state index in [2.05, 4.69) is 0 Å². The van der Waals surface area contributed by atoms with Crippen molar-refractivity contribution >= 4 is 17.3 Å². The van der Waals surface area contributed by atoms with Gasteiger partial charge in [0.25, 0.3) is 5.91 Å². The molecule has 0 heterocycles. The van der Waals surface area contributed by atoms with Gasteiger partial charge in [0.05, 0.1) is 18.4 Å². The molecule has 2 aromatic carbocycles. The van der Waals surface area contributed by atoms with Crippen molar-refractivity contribution in [3.63, 3.8) is 0 Å². The van der Waals surface area contributed by atoms with E-state index < -0.39 is 0 Å². The van der Waals surface area contributed by atoms with Crippen molar-refractivity contribution in [2.75, 3.05) is 24.8 Å². The minimum absolute atomic E-state index is 0.284. The number of rotatable bonds is 3. The van der Waals surface area contributed by atoms with Crippen molar-refractivity contribution in [1.82, 2.24) is 0 Å². The van der Waals surface area contributed by atoms with Crippen molar-refractivity contribution < 1.29 is 13.9 Å². The lowest BCUT2D eigenvalue weighted by molar-refractivity contribution is 0.0993. The highest BCUT2D eigenvalue weighted by atomic mass is 19.1. The number of halogens is 1. The van der Waals surface area contributed by atoms with Crippen LogP contribution in [-0.2, 0) is 0 Å². The van der Waals surface area contributed by atoms with E-state index in [0.29, 0.717) is 17.0 Å². The fraction of sp³-hybridized carbons (Fsp3) is 0.133. The van der Waals surface area contributed by atoms with E-state index in [1.165, 1.54) is 36.3 Å². The lowest BCUT2D eigenvalue weighted by atomic mass is 10.1. The Morgan fingerprint density at radius 1 is 1.20 bits per heavy atom. The van der Waals surface area contributed by atoms with Crippen LogP contribution in [-0.4, -0.2) is 20.1 Å². The Morgan fingerprint density at radius 2 is 1.85 bits per heavy atom. The molecule has 0 bridgehead atoms. The van der Waals surface area contributed by atoms with Crippen LogP contribution in [0.4, 0.5) is 15.8 Å². The largest absolute Gasteiger partial charge is 0.495 e. The molecule has 0 saturated carbocycles. The van der Waals surface area contributed by atoms with Crippen LogP contribution in [0.3, 0.4) is 0 Å². The summed E-state index contributed by atoms with van der Waals surface area (Å²) in [4.78, 5) is 13.8. The predicted molar refractivity (Wildman–Crippen MR) is 76.5 cm³/mol. The van der Waals surface area contributed by atoms with Crippen molar-refractivity contribution in [2.45, 2.75) is 0 Å². The molecule has 0 unspecified atom stereocenters. The number of carbonyl (C=O) groups is 1. The normalized spacial score (nSPS) is 10.2. The number of para-hydroxylation sites is 1. The molecule has 0 fully saturated rings. The van der Waals surface area contributed by atoms with E-state index in [1.807, 2.05) is 0 Å². The van der Waals surface area contributed by atoms with Gasteiger partial charge in [-0.05, 0) is 36.4 Å². The molecule has 0 aliphatic carbocycles. The summed E-state index contributed by atoms with van der Waals surface area (Å²) in [6.07, 6.45) is 0. The third-order valence-corrected chi connectivity index (χ3v) is 3.04. The molecule has 0 radical (unpaired) electrons. The standard InChI is InChI=1S/C15H15FN2O2/c1-18(11-8-6-10(16)7-9-11)15(19)12-4-3-5-13(20-2)14(12)17/h3-9H,17H2,1-2H3. The van der Waals surface area contributed by atoms with Crippen LogP contribution < -0.4 is 15.4 Å². The summed E-state index contributed by atoms with van der Waals surface area (Å²) >= 11 is 0. The first-order chi connectivity index (χ1) is 9.54. The summed E-state index contributed by atoms with van der Waals surface area (Å²) in [6.45, 7) is 0. The smallest absolute Gasteiger partial charge is 0.260 e. The van der Waals surface area contributed by atoms with Gasteiger partial charge in [0, 0.05) is 12.7 Å². The van der Waals surface area contributed by atoms with Crippen molar-refractivity contribution in [3.05, 3.63) is 53.8 Å². The molecule has 4 nitrogen and oxygen atoms in total. The molecule has 0 atom stereocenters. The topological polar surface area (TPSA) is 55.6 Å². The van der Waals surface area contributed by atoms with Gasteiger partial charge in [0.2, 0.25) is 0 Å². The first-order valence-electron chi connectivity index (χ1n) is 6.00. The van der Waals surface area contributed by atoms with Gasteiger partial charge < -0.3 is 15.4 Å². The van der Waals surface area contributed by atoms with Gasteiger partial charge in [-0.2, -0.15) is 0 Å². The molecule has 104 valence electrons. The minimum atomic E-state index is -0.351. The third kappa shape index (κ3) is 2.56. The zero-order valence-electron chi connectivity index (χ0n) is 11.3. The highest BCUT2D eigenvalue weighted by molar-refractivity contribution is 6.09. The van der Waals surface area contributed by atoms with Crippen LogP contribution >= 0.6 is 0 Å². The van der Waals surface area contributed by atoms with Gasteiger partial charge in [-0.1, -0.05) is 6.07 Å². The Morgan fingerprint density at radius 3 is 2.45 bits per heavy atom. The number of amides is 1. The van der Waals surface area contributed by atoms with Crippen LogP contribution in [0.2, 0.25) is 0 Å². The average Bonchev–Trinajstić information content (AvgIpc) is 2.47. The summed E-state index contributed by atoms with van der Waals surface area (Å²) in [5.41, 5.74) is 7.11. The quantitative estimate of drug-likeness (QED) is 0.875. The first kappa shape index (κ1) is 13.9. The Hall–Kier alpha value is -2.56. The fourth-order valence-corrected chi connectivity index (χ4v) is 1.87. The van der Waals surface area contributed by atoms with Crippen molar-refractivity contribution in [3.8, 4) is 5.75 Å². The number of hydrogen-bond donors (Lipinski definition) is 1.